The number of ether oxygens (including phenoxy) is 3. The number of esters is 3. The molecular weight excluding hydrogens is 973 g/mol. The molecule has 0 fully saturated rings. The lowest BCUT2D eigenvalue weighted by Gasteiger charge is -2.18. The molecule has 79 heavy (non-hydrogen) atoms. The summed E-state index contributed by atoms with van der Waals surface area (Å²) < 4.78 is 17.0. The van der Waals surface area contributed by atoms with Crippen molar-refractivity contribution in [1.82, 2.24) is 0 Å². The maximum absolute atomic E-state index is 12.9. The van der Waals surface area contributed by atoms with Crippen molar-refractivity contribution in [2.24, 2.45) is 0 Å². The summed E-state index contributed by atoms with van der Waals surface area (Å²) in [6.07, 6.45) is 87.9. The van der Waals surface area contributed by atoms with Crippen molar-refractivity contribution >= 4 is 17.9 Å². The van der Waals surface area contributed by atoms with E-state index >= 15 is 0 Å². The van der Waals surface area contributed by atoms with E-state index in [1.54, 1.807) is 0 Å². The molecule has 0 spiro atoms. The van der Waals surface area contributed by atoms with E-state index in [2.05, 4.69) is 93.7 Å². The van der Waals surface area contributed by atoms with Crippen LogP contribution in [0.15, 0.2) is 72.9 Å². The van der Waals surface area contributed by atoms with Gasteiger partial charge in [-0.2, -0.15) is 0 Å². The molecule has 0 saturated heterocycles. The van der Waals surface area contributed by atoms with Gasteiger partial charge in [0.2, 0.25) is 0 Å². The van der Waals surface area contributed by atoms with Crippen LogP contribution in [0, 0.1) is 0 Å². The highest BCUT2D eigenvalue weighted by molar-refractivity contribution is 5.71. The predicted molar refractivity (Wildman–Crippen MR) is 344 cm³/mol. The second-order valence-electron chi connectivity index (χ2n) is 23.1. The Morgan fingerprint density at radius 2 is 0.519 bits per heavy atom. The first-order chi connectivity index (χ1) is 39.0. The summed E-state index contributed by atoms with van der Waals surface area (Å²) in [5.41, 5.74) is 0. The van der Waals surface area contributed by atoms with Crippen molar-refractivity contribution in [3.63, 3.8) is 0 Å². The number of allylic oxidation sites excluding steroid dienone is 12. The van der Waals surface area contributed by atoms with Crippen molar-refractivity contribution in [2.75, 3.05) is 13.2 Å². The zero-order valence-corrected chi connectivity index (χ0v) is 52.6. The quantitative estimate of drug-likeness (QED) is 0.0261. The maximum atomic E-state index is 12.9. The summed E-state index contributed by atoms with van der Waals surface area (Å²) >= 11 is 0. The summed E-state index contributed by atoms with van der Waals surface area (Å²) in [6, 6.07) is 0. The molecule has 0 saturated carbocycles. The summed E-state index contributed by atoms with van der Waals surface area (Å²) in [4.78, 5) is 38.4. The van der Waals surface area contributed by atoms with Crippen molar-refractivity contribution in [3.05, 3.63) is 72.9 Å². The van der Waals surface area contributed by atoms with Gasteiger partial charge < -0.3 is 14.2 Å². The third kappa shape index (κ3) is 65.5. The molecule has 0 rings (SSSR count). The standard InChI is InChI=1S/C73H130O6/c1-4-7-10-13-16-19-22-25-27-29-31-33-35-36-38-39-41-43-45-48-51-54-57-60-63-66-72(75)78-69-70(68-77-71(74)65-62-59-56-53-50-47-24-21-18-15-12-9-6-3)79-73(76)67-64-61-58-55-52-49-46-44-42-40-37-34-32-30-28-26-23-20-17-14-11-8-5-2/h8,11-12,15,17,20-21,24,26,28,32,34,70H,4-7,9-10,13-14,16,18-19,22-23,25,27,29-31,33,35-69H2,1-3H3/b11-8-,15-12-,20-17-,24-21-,28-26-,34-32-. The van der Waals surface area contributed by atoms with E-state index in [-0.39, 0.29) is 31.1 Å². The van der Waals surface area contributed by atoms with Gasteiger partial charge in [-0.25, -0.2) is 0 Å². The lowest BCUT2D eigenvalue weighted by molar-refractivity contribution is -0.167. The van der Waals surface area contributed by atoms with Gasteiger partial charge in [0.15, 0.2) is 6.10 Å². The molecule has 0 N–H and O–H groups in total. The largest absolute Gasteiger partial charge is 0.462 e. The smallest absolute Gasteiger partial charge is 0.306 e. The Labute approximate surface area is 491 Å². The van der Waals surface area contributed by atoms with E-state index in [1.165, 1.54) is 205 Å². The van der Waals surface area contributed by atoms with Crippen LogP contribution in [-0.4, -0.2) is 37.2 Å². The first-order valence-corrected chi connectivity index (χ1v) is 34.4. The van der Waals surface area contributed by atoms with Crippen LogP contribution < -0.4 is 0 Å². The van der Waals surface area contributed by atoms with Gasteiger partial charge in [0.25, 0.3) is 0 Å². The average molecular weight is 1100 g/mol. The van der Waals surface area contributed by atoms with Crippen LogP contribution in [-0.2, 0) is 28.6 Å². The van der Waals surface area contributed by atoms with E-state index < -0.39 is 6.10 Å². The lowest BCUT2D eigenvalue weighted by atomic mass is 10.0. The molecule has 6 heteroatoms. The predicted octanol–water partition coefficient (Wildman–Crippen LogP) is 23.7. The number of carbonyl (C=O) groups is 3. The van der Waals surface area contributed by atoms with E-state index in [1.807, 2.05) is 0 Å². The molecule has 0 radical (unpaired) electrons. The topological polar surface area (TPSA) is 78.9 Å². The van der Waals surface area contributed by atoms with Gasteiger partial charge in [-0.3, -0.25) is 14.4 Å². The number of rotatable bonds is 63. The third-order valence-corrected chi connectivity index (χ3v) is 15.2. The highest BCUT2D eigenvalue weighted by Crippen LogP contribution is 2.18. The van der Waals surface area contributed by atoms with E-state index in [9.17, 15) is 14.4 Å². The summed E-state index contributed by atoms with van der Waals surface area (Å²) in [5, 5.41) is 0. The summed E-state index contributed by atoms with van der Waals surface area (Å²) in [5.74, 6) is -0.878. The van der Waals surface area contributed by atoms with Gasteiger partial charge in [0, 0.05) is 19.3 Å². The van der Waals surface area contributed by atoms with Gasteiger partial charge in [-0.15, -0.1) is 0 Å². The first kappa shape index (κ1) is 75.8. The van der Waals surface area contributed by atoms with E-state index in [0.29, 0.717) is 19.3 Å². The Balaban J connectivity index is 4.26. The number of unbranched alkanes of at least 4 members (excludes halogenated alkanes) is 40. The Hall–Kier alpha value is -3.15. The van der Waals surface area contributed by atoms with Crippen LogP contribution in [0.4, 0.5) is 0 Å². The fraction of sp³-hybridized carbons (Fsp3) is 0.795. The summed E-state index contributed by atoms with van der Waals surface area (Å²) in [6.45, 7) is 6.50. The zero-order valence-electron chi connectivity index (χ0n) is 52.6. The minimum absolute atomic E-state index is 0.0782. The molecule has 0 heterocycles. The lowest BCUT2D eigenvalue weighted by Crippen LogP contribution is -2.30. The van der Waals surface area contributed by atoms with E-state index in [0.717, 1.165) is 109 Å². The van der Waals surface area contributed by atoms with Crippen molar-refractivity contribution in [2.45, 2.75) is 361 Å². The van der Waals surface area contributed by atoms with Gasteiger partial charge in [-0.1, -0.05) is 325 Å². The van der Waals surface area contributed by atoms with Crippen LogP contribution in [0.3, 0.4) is 0 Å². The normalized spacial score (nSPS) is 12.5. The average Bonchev–Trinajstić information content (AvgIpc) is 3.45. The molecule has 0 aliphatic carbocycles. The fourth-order valence-electron chi connectivity index (χ4n) is 10.1. The molecule has 1 unspecified atom stereocenters. The van der Waals surface area contributed by atoms with E-state index in [4.69, 9.17) is 14.2 Å². The number of hydrogen-bond donors (Lipinski definition) is 0. The van der Waals surface area contributed by atoms with Crippen molar-refractivity contribution in [3.8, 4) is 0 Å². The second kappa shape index (κ2) is 67.4. The highest BCUT2D eigenvalue weighted by Gasteiger charge is 2.19. The fourth-order valence-corrected chi connectivity index (χ4v) is 10.1. The monoisotopic (exact) mass is 1100 g/mol. The summed E-state index contributed by atoms with van der Waals surface area (Å²) in [7, 11) is 0. The molecule has 0 aromatic heterocycles. The first-order valence-electron chi connectivity index (χ1n) is 34.4. The Morgan fingerprint density at radius 1 is 0.266 bits per heavy atom. The molecule has 0 aliphatic heterocycles. The molecule has 0 aromatic carbocycles. The Bertz CT molecular complexity index is 1450. The SMILES string of the molecule is CC/C=C\C/C=C\C/C=C\C/C=C\CCCCCCCCCCCCC(=O)OC(COC(=O)CCCCCCC/C=C\C/C=C\CCC)COC(=O)CCCCCCCCCCCCCCCCCCCCCCCCCCC. The van der Waals surface area contributed by atoms with Gasteiger partial charge >= 0.3 is 17.9 Å². The van der Waals surface area contributed by atoms with Gasteiger partial charge in [0.1, 0.15) is 13.2 Å². The maximum Gasteiger partial charge on any atom is 0.306 e. The molecule has 0 aliphatic rings. The van der Waals surface area contributed by atoms with Crippen LogP contribution in [0.1, 0.15) is 355 Å². The van der Waals surface area contributed by atoms with Gasteiger partial charge in [-0.05, 0) is 83.5 Å². The molecule has 0 amide bonds. The number of hydrogen-bond acceptors (Lipinski definition) is 6. The Morgan fingerprint density at radius 3 is 0.823 bits per heavy atom. The minimum Gasteiger partial charge on any atom is -0.462 e. The molecule has 0 bridgehead atoms. The molecule has 6 nitrogen and oxygen atoms in total. The van der Waals surface area contributed by atoms with Crippen molar-refractivity contribution in [1.29, 1.82) is 0 Å². The van der Waals surface area contributed by atoms with Crippen LogP contribution in [0.5, 0.6) is 0 Å². The number of carbonyl (C=O) groups excluding carboxylic acids is 3. The van der Waals surface area contributed by atoms with Crippen LogP contribution in [0.2, 0.25) is 0 Å². The third-order valence-electron chi connectivity index (χ3n) is 15.2. The second-order valence-corrected chi connectivity index (χ2v) is 23.1. The minimum atomic E-state index is -0.784. The van der Waals surface area contributed by atoms with Crippen molar-refractivity contribution < 1.29 is 28.6 Å². The Kier molecular flexibility index (Phi) is 64.7. The highest BCUT2D eigenvalue weighted by atomic mass is 16.6. The molecule has 1 atom stereocenters. The van der Waals surface area contributed by atoms with Crippen LogP contribution in [0.25, 0.3) is 0 Å². The van der Waals surface area contributed by atoms with Crippen LogP contribution >= 0.6 is 0 Å². The molecule has 458 valence electrons. The molecular formula is C73H130O6. The van der Waals surface area contributed by atoms with Gasteiger partial charge in [0.05, 0.1) is 0 Å². The molecule has 0 aromatic rings. The zero-order chi connectivity index (χ0) is 57.1.